The number of carbonyl (C=O) groups excluding carboxylic acids is 4. The van der Waals surface area contributed by atoms with Gasteiger partial charge in [0.1, 0.15) is 47.3 Å². The number of carbonyl (C=O) groups is 4. The molecule has 8 rings (SSSR count). The fraction of sp³-hybridized carbons (Fsp3) is 0.543. The normalized spacial score (nSPS) is 25.6. The first-order valence-corrected chi connectivity index (χ1v) is 21.9. The van der Waals surface area contributed by atoms with Gasteiger partial charge in [-0.15, -0.1) is 0 Å². The number of fused-ring (bicyclic) bond motifs is 1. The molecule has 15 heteroatoms. The molecule has 2 saturated carbocycles. The number of piperidine rings is 2. The highest BCUT2D eigenvalue weighted by atomic mass is 35.5. The molecule has 2 saturated heterocycles. The van der Waals surface area contributed by atoms with Gasteiger partial charge in [-0.3, -0.25) is 29.4 Å². The van der Waals surface area contributed by atoms with Crippen LogP contribution in [0.15, 0.2) is 48.8 Å². The Bertz CT molecular complexity index is 2230. The lowest BCUT2D eigenvalue weighted by Crippen LogP contribution is -2.74. The molecule has 2 aliphatic carbocycles. The quantitative estimate of drug-likeness (QED) is 0.208. The second kappa shape index (κ2) is 16.5. The molecule has 3 aromatic rings. The van der Waals surface area contributed by atoms with E-state index >= 15 is 0 Å². The van der Waals surface area contributed by atoms with Crippen LogP contribution in [-0.2, 0) is 16.1 Å². The zero-order valence-electron chi connectivity index (χ0n) is 35.7. The smallest absolute Gasteiger partial charge is 0.271 e. The summed E-state index contributed by atoms with van der Waals surface area (Å²) in [6, 6.07) is 12.6. The molecule has 14 nitrogen and oxygen atoms in total. The molecular weight excluding hydrogens is 796 g/mol. The number of hydrogen-bond acceptors (Lipinski definition) is 11. The third-order valence-electron chi connectivity index (χ3n) is 13.7. The van der Waals surface area contributed by atoms with Crippen molar-refractivity contribution in [2.75, 3.05) is 24.5 Å². The molecule has 61 heavy (non-hydrogen) atoms. The Morgan fingerprint density at radius 1 is 1.03 bits per heavy atom. The van der Waals surface area contributed by atoms with Crippen molar-refractivity contribution >= 4 is 41.0 Å². The van der Waals surface area contributed by atoms with E-state index in [1.165, 1.54) is 0 Å². The number of nitrogens with one attached hydrogen (secondary N) is 2. The Labute approximate surface area is 362 Å². The molecule has 3 aliphatic heterocycles. The van der Waals surface area contributed by atoms with Crippen LogP contribution in [0.1, 0.15) is 112 Å². The monoisotopic (exact) mass is 850 g/mol. The standard InChI is InChI=1S/C46H55ClN8O6/c1-26(2)54(29-18-31(19-29)60-37-9-7-8-32-33(37)25-55(42(32)59)36-12-13-39(56)51-41(36)58)24-27-14-16-53(17-15-27)38-23-49-35(22-50-38)40(57)52-43-45(3,4)44(46(43,5)6)61-30-11-10-28(21-48)34(47)20-30/h7-11,20,22-23,26-27,29,31,36,43-44H,12-19,24-25H2,1-6H3,(H,52,57)(H,51,56,58). The fourth-order valence-corrected chi connectivity index (χ4v) is 10.8. The van der Waals surface area contributed by atoms with Gasteiger partial charge in [0.25, 0.3) is 11.8 Å². The molecular formula is C46H55ClN8O6. The Balaban J connectivity index is 0.800. The molecule has 322 valence electrons. The molecule has 4 amide bonds. The number of nitrogens with zero attached hydrogens (tertiary/aromatic N) is 6. The van der Waals surface area contributed by atoms with Gasteiger partial charge in [-0.25, -0.2) is 9.97 Å². The number of benzene rings is 2. The van der Waals surface area contributed by atoms with E-state index in [1.807, 2.05) is 12.1 Å². The second-order valence-corrected chi connectivity index (χ2v) is 19.2. The highest BCUT2D eigenvalue weighted by Gasteiger charge is 2.64. The van der Waals surface area contributed by atoms with Crippen LogP contribution in [0, 0.1) is 28.1 Å². The number of nitriles is 1. The molecule has 0 radical (unpaired) electrons. The number of halogens is 1. The molecule has 2 N–H and O–H groups in total. The average molecular weight is 851 g/mol. The van der Waals surface area contributed by atoms with Crippen LogP contribution in [0.2, 0.25) is 5.02 Å². The van der Waals surface area contributed by atoms with Gasteiger partial charge in [0.15, 0.2) is 0 Å². The Kier molecular flexibility index (Phi) is 11.5. The van der Waals surface area contributed by atoms with E-state index in [-0.39, 0.29) is 48.1 Å². The lowest BCUT2D eigenvalue weighted by atomic mass is 9.49. The maximum Gasteiger partial charge on any atom is 0.271 e. The number of rotatable bonds is 12. The SMILES string of the molecule is CC(C)N(CC1CCN(c2cnc(C(=O)NC3C(C)(C)C(Oc4ccc(C#N)c(Cl)c4)C3(C)C)cn2)CC1)C1CC(Oc2cccc3c2CN(C2CCC(=O)NC2=O)C3=O)C1. The number of amides is 4. The minimum Gasteiger partial charge on any atom is -0.490 e. The Morgan fingerprint density at radius 3 is 2.41 bits per heavy atom. The molecule has 1 aromatic heterocycles. The van der Waals surface area contributed by atoms with Crippen LogP contribution >= 0.6 is 11.6 Å². The molecule has 4 heterocycles. The molecule has 0 bridgehead atoms. The maximum absolute atomic E-state index is 13.5. The Hall–Kier alpha value is -5.26. The highest BCUT2D eigenvalue weighted by molar-refractivity contribution is 6.31. The third-order valence-corrected chi connectivity index (χ3v) is 14.1. The topological polar surface area (TPSA) is 170 Å². The van der Waals surface area contributed by atoms with Crippen molar-refractivity contribution in [1.29, 1.82) is 5.26 Å². The highest BCUT2D eigenvalue weighted by Crippen LogP contribution is 2.55. The summed E-state index contributed by atoms with van der Waals surface area (Å²) in [7, 11) is 0. The van der Waals surface area contributed by atoms with Crippen LogP contribution in [0.25, 0.3) is 0 Å². The minimum absolute atomic E-state index is 0.0424. The molecule has 4 fully saturated rings. The third kappa shape index (κ3) is 8.14. The zero-order chi connectivity index (χ0) is 43.4. The average Bonchev–Trinajstić information content (AvgIpc) is 3.55. The van der Waals surface area contributed by atoms with Gasteiger partial charge in [-0.2, -0.15) is 5.26 Å². The van der Waals surface area contributed by atoms with Crippen molar-refractivity contribution in [3.63, 3.8) is 0 Å². The van der Waals surface area contributed by atoms with E-state index < -0.39 is 22.8 Å². The van der Waals surface area contributed by atoms with E-state index in [0.29, 0.717) is 58.6 Å². The molecule has 5 aliphatic rings. The number of anilines is 1. The van der Waals surface area contributed by atoms with E-state index in [2.05, 4.69) is 78.0 Å². The predicted octanol–water partition coefficient (Wildman–Crippen LogP) is 5.91. The first-order chi connectivity index (χ1) is 29.0. The van der Waals surface area contributed by atoms with Crippen molar-refractivity contribution in [2.24, 2.45) is 16.7 Å². The summed E-state index contributed by atoms with van der Waals surface area (Å²) < 4.78 is 12.9. The summed E-state index contributed by atoms with van der Waals surface area (Å²) in [5.41, 5.74) is 1.24. The number of aromatic nitrogens is 2. The van der Waals surface area contributed by atoms with Gasteiger partial charge in [-0.05, 0) is 63.3 Å². The van der Waals surface area contributed by atoms with Crippen molar-refractivity contribution < 1.29 is 28.7 Å². The van der Waals surface area contributed by atoms with E-state index in [1.54, 1.807) is 41.6 Å². The Morgan fingerprint density at radius 2 is 1.77 bits per heavy atom. The summed E-state index contributed by atoms with van der Waals surface area (Å²) in [6.45, 7) is 15.8. The zero-order valence-corrected chi connectivity index (χ0v) is 36.5. The molecule has 1 atom stereocenters. The lowest BCUT2D eigenvalue weighted by Gasteiger charge is -2.63. The first kappa shape index (κ1) is 42.4. The van der Waals surface area contributed by atoms with Crippen LogP contribution in [0.4, 0.5) is 5.82 Å². The predicted molar refractivity (Wildman–Crippen MR) is 228 cm³/mol. The lowest BCUT2D eigenvalue weighted by molar-refractivity contribution is -0.164. The summed E-state index contributed by atoms with van der Waals surface area (Å²) in [5.74, 6) is 1.39. The second-order valence-electron chi connectivity index (χ2n) is 18.8. The largest absolute Gasteiger partial charge is 0.490 e. The first-order valence-electron chi connectivity index (χ1n) is 21.5. The van der Waals surface area contributed by atoms with Crippen LogP contribution < -0.4 is 25.0 Å². The minimum atomic E-state index is -0.656. The van der Waals surface area contributed by atoms with E-state index in [0.717, 1.165) is 56.7 Å². The van der Waals surface area contributed by atoms with Gasteiger partial charge < -0.3 is 24.6 Å². The maximum atomic E-state index is 13.5. The van der Waals surface area contributed by atoms with Crippen molar-refractivity contribution in [3.05, 3.63) is 76.2 Å². The van der Waals surface area contributed by atoms with Gasteiger partial charge in [0.05, 0.1) is 29.5 Å². The summed E-state index contributed by atoms with van der Waals surface area (Å²) in [5, 5.41) is 15.1. The van der Waals surface area contributed by atoms with Gasteiger partial charge >= 0.3 is 0 Å². The molecule has 2 aromatic carbocycles. The van der Waals surface area contributed by atoms with Crippen LogP contribution in [-0.4, -0.2) is 99.4 Å². The fourth-order valence-electron chi connectivity index (χ4n) is 10.6. The summed E-state index contributed by atoms with van der Waals surface area (Å²) in [4.78, 5) is 66.7. The number of imide groups is 1. The van der Waals surface area contributed by atoms with Gasteiger partial charge in [0, 0.05) is 85.0 Å². The summed E-state index contributed by atoms with van der Waals surface area (Å²) >= 11 is 6.25. The van der Waals surface area contributed by atoms with E-state index in [4.69, 9.17) is 21.1 Å². The van der Waals surface area contributed by atoms with Crippen molar-refractivity contribution in [1.82, 2.24) is 30.4 Å². The van der Waals surface area contributed by atoms with Crippen molar-refractivity contribution in [2.45, 2.75) is 123 Å². The van der Waals surface area contributed by atoms with E-state index in [9.17, 15) is 24.4 Å². The number of ether oxygens (including phenoxy) is 2. The number of hydrogen-bond donors (Lipinski definition) is 2. The molecule has 0 spiro atoms. The van der Waals surface area contributed by atoms with Crippen molar-refractivity contribution in [3.8, 4) is 17.6 Å². The molecule has 1 unspecified atom stereocenters. The van der Waals surface area contributed by atoms with Gasteiger partial charge in [-0.1, -0.05) is 45.4 Å². The van der Waals surface area contributed by atoms with Crippen LogP contribution in [0.3, 0.4) is 0 Å². The van der Waals surface area contributed by atoms with Crippen LogP contribution in [0.5, 0.6) is 11.5 Å². The summed E-state index contributed by atoms with van der Waals surface area (Å²) in [6.07, 6.45) is 7.50. The van der Waals surface area contributed by atoms with Gasteiger partial charge in [0.2, 0.25) is 11.8 Å².